The van der Waals surface area contributed by atoms with Crippen LogP contribution in [-0.4, -0.2) is 20.0 Å². The second-order valence-electron chi connectivity index (χ2n) is 5.58. The molecule has 2 aromatic rings. The van der Waals surface area contributed by atoms with E-state index in [1.54, 1.807) is 24.0 Å². The number of rotatable bonds is 4. The minimum absolute atomic E-state index is 0.174. The Labute approximate surface area is 133 Å². The predicted octanol–water partition coefficient (Wildman–Crippen LogP) is 3.45. The van der Waals surface area contributed by atoms with Gasteiger partial charge in [-0.05, 0) is 18.9 Å². The summed E-state index contributed by atoms with van der Waals surface area (Å²) in [6, 6.07) is 9.99. The van der Waals surface area contributed by atoms with Crippen LogP contribution in [-0.2, 0) is 11.3 Å². The van der Waals surface area contributed by atoms with E-state index in [1.165, 1.54) is 0 Å². The van der Waals surface area contributed by atoms with Gasteiger partial charge in [0.05, 0.1) is 23.8 Å². The Morgan fingerprint density at radius 2 is 2.05 bits per heavy atom. The number of nitrogens with zero attached hydrogens (tertiary/aromatic N) is 2. The Balaban J connectivity index is 1.65. The van der Waals surface area contributed by atoms with Crippen LogP contribution in [0, 0.1) is 5.41 Å². The summed E-state index contributed by atoms with van der Waals surface area (Å²) in [5, 5.41) is 7.05. The van der Waals surface area contributed by atoms with Crippen molar-refractivity contribution in [3.63, 3.8) is 0 Å². The van der Waals surface area contributed by atoms with Crippen LogP contribution in [0.3, 0.4) is 0 Å². The summed E-state index contributed by atoms with van der Waals surface area (Å²) >= 11 is 12.0. The van der Waals surface area contributed by atoms with Crippen molar-refractivity contribution in [1.82, 2.24) is 9.78 Å². The van der Waals surface area contributed by atoms with E-state index in [0.717, 1.165) is 5.56 Å². The number of nitrogens with one attached hydrogen (secondary N) is 1. The highest BCUT2D eigenvalue weighted by atomic mass is 35.5. The highest BCUT2D eigenvalue weighted by Crippen LogP contribution is 2.64. The van der Waals surface area contributed by atoms with Crippen molar-refractivity contribution in [2.75, 3.05) is 5.32 Å². The molecule has 0 unspecified atom stereocenters. The smallest absolute Gasteiger partial charge is 0.233 e. The molecule has 110 valence electrons. The quantitative estimate of drug-likeness (QED) is 0.876. The Morgan fingerprint density at radius 3 is 2.67 bits per heavy atom. The molecule has 1 aromatic carbocycles. The molecular formula is C15H15Cl2N3O. The number of alkyl halides is 2. The van der Waals surface area contributed by atoms with Gasteiger partial charge in [-0.3, -0.25) is 9.48 Å². The van der Waals surface area contributed by atoms with E-state index >= 15 is 0 Å². The largest absolute Gasteiger partial charge is 0.323 e. The van der Waals surface area contributed by atoms with Crippen molar-refractivity contribution in [3.8, 4) is 0 Å². The van der Waals surface area contributed by atoms with Crippen molar-refractivity contribution >= 4 is 34.8 Å². The minimum atomic E-state index is -0.961. The second-order valence-corrected chi connectivity index (χ2v) is 7.06. The zero-order chi connectivity index (χ0) is 15.1. The van der Waals surface area contributed by atoms with Crippen LogP contribution in [0.15, 0.2) is 42.7 Å². The van der Waals surface area contributed by atoms with Crippen LogP contribution >= 0.6 is 23.2 Å². The van der Waals surface area contributed by atoms with Crippen LogP contribution in [0.5, 0.6) is 0 Å². The van der Waals surface area contributed by atoms with E-state index in [0.29, 0.717) is 18.7 Å². The molecule has 1 fully saturated rings. The Hall–Kier alpha value is -1.52. The fraction of sp³-hybridized carbons (Fsp3) is 0.333. The number of hydrogen-bond acceptors (Lipinski definition) is 2. The minimum Gasteiger partial charge on any atom is -0.323 e. The fourth-order valence-electron chi connectivity index (χ4n) is 2.20. The SMILES string of the molecule is C[C@]1(C(=O)Nc2cnn(Cc3ccccc3)c2)CC1(Cl)Cl. The fourth-order valence-corrected chi connectivity index (χ4v) is 2.91. The van der Waals surface area contributed by atoms with Gasteiger partial charge in [0.25, 0.3) is 0 Å². The summed E-state index contributed by atoms with van der Waals surface area (Å²) in [6.45, 7) is 2.42. The maximum atomic E-state index is 12.2. The normalized spacial score (nSPS) is 22.8. The number of carbonyl (C=O) groups is 1. The standard InChI is InChI=1S/C15H15Cl2N3O/c1-14(10-15(14,16)17)13(21)19-12-7-18-20(9-12)8-11-5-3-2-4-6-11/h2-7,9H,8,10H2,1H3,(H,19,21)/t14-/m1/s1. The van der Waals surface area contributed by atoms with Gasteiger partial charge < -0.3 is 5.32 Å². The highest BCUT2D eigenvalue weighted by Gasteiger charge is 2.67. The van der Waals surface area contributed by atoms with Crippen LogP contribution < -0.4 is 5.32 Å². The first kappa shape index (κ1) is 14.4. The Kier molecular flexibility index (Phi) is 3.46. The lowest BCUT2D eigenvalue weighted by Crippen LogP contribution is -2.25. The number of anilines is 1. The molecule has 1 aromatic heterocycles. The zero-order valence-electron chi connectivity index (χ0n) is 11.5. The summed E-state index contributed by atoms with van der Waals surface area (Å²) in [5.74, 6) is -0.174. The molecule has 0 bridgehead atoms. The van der Waals surface area contributed by atoms with Crippen molar-refractivity contribution < 1.29 is 4.79 Å². The molecule has 3 rings (SSSR count). The zero-order valence-corrected chi connectivity index (χ0v) is 13.0. The van der Waals surface area contributed by atoms with Crippen LogP contribution in [0.2, 0.25) is 0 Å². The Morgan fingerprint density at radius 1 is 1.38 bits per heavy atom. The molecule has 1 amide bonds. The molecular weight excluding hydrogens is 309 g/mol. The summed E-state index contributed by atoms with van der Waals surface area (Å²) in [7, 11) is 0. The second kappa shape index (κ2) is 5.04. The van der Waals surface area contributed by atoms with Gasteiger partial charge in [-0.2, -0.15) is 5.10 Å². The molecule has 0 spiro atoms. The van der Waals surface area contributed by atoms with Gasteiger partial charge in [-0.15, -0.1) is 23.2 Å². The van der Waals surface area contributed by atoms with Gasteiger partial charge in [-0.1, -0.05) is 30.3 Å². The molecule has 1 atom stereocenters. The number of amides is 1. The van der Waals surface area contributed by atoms with Crippen molar-refractivity contribution in [2.24, 2.45) is 5.41 Å². The summed E-state index contributed by atoms with van der Waals surface area (Å²) < 4.78 is 0.811. The van der Waals surface area contributed by atoms with Gasteiger partial charge >= 0.3 is 0 Å². The predicted molar refractivity (Wildman–Crippen MR) is 83.6 cm³/mol. The maximum absolute atomic E-state index is 12.2. The van der Waals surface area contributed by atoms with Gasteiger partial charge in [0.2, 0.25) is 5.91 Å². The van der Waals surface area contributed by atoms with Crippen LogP contribution in [0.25, 0.3) is 0 Å². The first-order chi connectivity index (χ1) is 9.91. The Bertz CT molecular complexity index is 669. The number of benzene rings is 1. The van der Waals surface area contributed by atoms with Crippen molar-refractivity contribution in [2.45, 2.75) is 24.2 Å². The third-order valence-electron chi connectivity index (χ3n) is 3.84. The average Bonchev–Trinajstić information content (AvgIpc) is 2.77. The third kappa shape index (κ3) is 2.78. The van der Waals surface area contributed by atoms with E-state index in [-0.39, 0.29) is 5.91 Å². The first-order valence-electron chi connectivity index (χ1n) is 6.66. The van der Waals surface area contributed by atoms with Crippen LogP contribution in [0.4, 0.5) is 5.69 Å². The molecule has 6 heteroatoms. The number of carbonyl (C=O) groups excluding carboxylic acids is 1. The van der Waals surface area contributed by atoms with E-state index in [9.17, 15) is 4.79 Å². The van der Waals surface area contributed by atoms with Crippen molar-refractivity contribution in [1.29, 1.82) is 0 Å². The van der Waals surface area contributed by atoms with E-state index in [1.807, 2.05) is 30.3 Å². The lowest BCUT2D eigenvalue weighted by molar-refractivity contribution is -0.120. The summed E-state index contributed by atoms with van der Waals surface area (Å²) in [6.07, 6.45) is 3.88. The third-order valence-corrected chi connectivity index (χ3v) is 4.94. The molecule has 21 heavy (non-hydrogen) atoms. The van der Waals surface area contributed by atoms with E-state index in [2.05, 4.69) is 10.4 Å². The highest BCUT2D eigenvalue weighted by molar-refractivity contribution is 6.53. The molecule has 1 aliphatic rings. The van der Waals surface area contributed by atoms with E-state index < -0.39 is 9.75 Å². The topological polar surface area (TPSA) is 46.9 Å². The molecule has 1 aliphatic carbocycles. The lowest BCUT2D eigenvalue weighted by Gasteiger charge is -2.10. The molecule has 1 saturated carbocycles. The molecule has 0 saturated heterocycles. The van der Waals surface area contributed by atoms with Gasteiger partial charge in [0.1, 0.15) is 4.33 Å². The lowest BCUT2D eigenvalue weighted by atomic mass is 10.1. The molecule has 0 aliphatic heterocycles. The number of halogens is 2. The maximum Gasteiger partial charge on any atom is 0.233 e. The number of aromatic nitrogens is 2. The summed E-state index contributed by atoms with van der Waals surface area (Å²) in [4.78, 5) is 12.2. The average molecular weight is 324 g/mol. The first-order valence-corrected chi connectivity index (χ1v) is 7.42. The van der Waals surface area contributed by atoms with Gasteiger partial charge in [0.15, 0.2) is 0 Å². The monoisotopic (exact) mass is 323 g/mol. The molecule has 1 heterocycles. The summed E-state index contributed by atoms with van der Waals surface area (Å²) in [5.41, 5.74) is 1.07. The molecule has 0 radical (unpaired) electrons. The van der Waals surface area contributed by atoms with Crippen LogP contribution in [0.1, 0.15) is 18.9 Å². The van der Waals surface area contributed by atoms with Gasteiger partial charge in [0, 0.05) is 6.20 Å². The van der Waals surface area contributed by atoms with Crippen molar-refractivity contribution in [3.05, 3.63) is 48.3 Å². The molecule has 1 N–H and O–H groups in total. The van der Waals surface area contributed by atoms with E-state index in [4.69, 9.17) is 23.2 Å². The molecule has 4 nitrogen and oxygen atoms in total. The number of hydrogen-bond donors (Lipinski definition) is 1. The van der Waals surface area contributed by atoms with Gasteiger partial charge in [-0.25, -0.2) is 0 Å².